The van der Waals surface area contributed by atoms with Gasteiger partial charge < -0.3 is 10.6 Å². The Hall–Kier alpha value is -1.35. The van der Waals surface area contributed by atoms with E-state index >= 15 is 0 Å². The predicted molar refractivity (Wildman–Crippen MR) is 87.3 cm³/mol. The van der Waals surface area contributed by atoms with E-state index in [-0.39, 0.29) is 17.4 Å². The first kappa shape index (κ1) is 16.0. The van der Waals surface area contributed by atoms with Crippen LogP contribution in [0.4, 0.5) is 0 Å². The zero-order chi connectivity index (χ0) is 15.3. The molecule has 1 unspecified atom stereocenters. The van der Waals surface area contributed by atoms with Crippen LogP contribution in [-0.2, 0) is 10.2 Å². The third kappa shape index (κ3) is 5.50. The van der Waals surface area contributed by atoms with Gasteiger partial charge in [0.2, 0.25) is 5.91 Å². The Kier molecular flexibility index (Phi) is 5.40. The summed E-state index contributed by atoms with van der Waals surface area (Å²) in [5, 5.41) is 6.33. The standard InChI is InChI=1S/C18H28N2O/c1-14(20-17(21)13-19-12-15-9-10-15)11-18(2,3)16-7-5-4-6-8-16/h4-8,14-15,19H,9-13H2,1-3H3,(H,20,21). The summed E-state index contributed by atoms with van der Waals surface area (Å²) in [7, 11) is 0. The van der Waals surface area contributed by atoms with Crippen LogP contribution in [0.3, 0.4) is 0 Å². The summed E-state index contributed by atoms with van der Waals surface area (Å²) in [6.07, 6.45) is 3.57. The Bertz CT molecular complexity index is 452. The Labute approximate surface area is 128 Å². The molecule has 1 aliphatic carbocycles. The normalized spacial score (nSPS) is 16.5. The number of carbonyl (C=O) groups excluding carboxylic acids is 1. The maximum absolute atomic E-state index is 11.9. The molecule has 1 aromatic rings. The van der Waals surface area contributed by atoms with Crippen molar-refractivity contribution >= 4 is 5.91 Å². The molecular formula is C18H28N2O. The van der Waals surface area contributed by atoms with E-state index in [0.717, 1.165) is 18.9 Å². The molecule has 0 bridgehead atoms. The van der Waals surface area contributed by atoms with Crippen LogP contribution >= 0.6 is 0 Å². The highest BCUT2D eigenvalue weighted by molar-refractivity contribution is 5.78. The van der Waals surface area contributed by atoms with Crippen LogP contribution in [0.2, 0.25) is 0 Å². The van der Waals surface area contributed by atoms with Gasteiger partial charge in [-0.25, -0.2) is 0 Å². The van der Waals surface area contributed by atoms with Crippen molar-refractivity contribution in [1.82, 2.24) is 10.6 Å². The number of benzene rings is 1. The maximum atomic E-state index is 11.9. The summed E-state index contributed by atoms with van der Waals surface area (Å²) in [6.45, 7) is 7.97. The fraction of sp³-hybridized carbons (Fsp3) is 0.611. The molecule has 1 amide bonds. The molecule has 0 spiro atoms. The van der Waals surface area contributed by atoms with Crippen LogP contribution in [-0.4, -0.2) is 25.0 Å². The highest BCUT2D eigenvalue weighted by Gasteiger charge is 2.24. The van der Waals surface area contributed by atoms with Gasteiger partial charge in [-0.1, -0.05) is 44.2 Å². The Balaban J connectivity index is 1.74. The minimum atomic E-state index is 0.0649. The number of carbonyl (C=O) groups is 1. The molecule has 1 aromatic carbocycles. The minimum absolute atomic E-state index is 0.0649. The van der Waals surface area contributed by atoms with Gasteiger partial charge in [-0.3, -0.25) is 4.79 Å². The van der Waals surface area contributed by atoms with Crippen LogP contribution < -0.4 is 10.6 Å². The lowest BCUT2D eigenvalue weighted by atomic mass is 9.79. The quantitative estimate of drug-likeness (QED) is 0.772. The molecule has 2 N–H and O–H groups in total. The van der Waals surface area contributed by atoms with Gasteiger partial charge in [0.15, 0.2) is 0 Å². The van der Waals surface area contributed by atoms with E-state index in [2.05, 4.69) is 55.7 Å². The van der Waals surface area contributed by atoms with E-state index in [1.54, 1.807) is 0 Å². The van der Waals surface area contributed by atoms with E-state index < -0.39 is 0 Å². The Morgan fingerprint density at radius 1 is 1.29 bits per heavy atom. The summed E-state index contributed by atoms with van der Waals surface area (Å²) >= 11 is 0. The van der Waals surface area contributed by atoms with E-state index in [1.807, 2.05) is 6.07 Å². The molecule has 1 aliphatic rings. The smallest absolute Gasteiger partial charge is 0.234 e. The van der Waals surface area contributed by atoms with Crippen LogP contribution in [0.25, 0.3) is 0 Å². The average Bonchev–Trinajstić information content (AvgIpc) is 3.23. The van der Waals surface area contributed by atoms with E-state index in [9.17, 15) is 4.79 Å². The predicted octanol–water partition coefficient (Wildman–Crippen LogP) is 2.86. The molecule has 21 heavy (non-hydrogen) atoms. The van der Waals surface area contributed by atoms with Crippen molar-refractivity contribution in [3.05, 3.63) is 35.9 Å². The first-order chi connectivity index (χ1) is 9.97. The Morgan fingerprint density at radius 3 is 2.57 bits per heavy atom. The second-order valence-electron chi connectivity index (χ2n) is 7.00. The lowest BCUT2D eigenvalue weighted by molar-refractivity contribution is -0.120. The molecular weight excluding hydrogens is 260 g/mol. The molecule has 0 saturated heterocycles. The molecule has 1 atom stereocenters. The molecule has 0 heterocycles. The number of hydrogen-bond acceptors (Lipinski definition) is 2. The van der Waals surface area contributed by atoms with Crippen molar-refractivity contribution in [2.75, 3.05) is 13.1 Å². The van der Waals surface area contributed by atoms with Gasteiger partial charge in [-0.05, 0) is 49.6 Å². The maximum Gasteiger partial charge on any atom is 0.234 e. The van der Waals surface area contributed by atoms with Crippen LogP contribution in [0.1, 0.15) is 45.6 Å². The zero-order valence-corrected chi connectivity index (χ0v) is 13.5. The van der Waals surface area contributed by atoms with E-state index in [0.29, 0.717) is 6.54 Å². The Morgan fingerprint density at radius 2 is 1.95 bits per heavy atom. The molecule has 3 heteroatoms. The lowest BCUT2D eigenvalue weighted by Gasteiger charge is -2.29. The molecule has 0 aliphatic heterocycles. The van der Waals surface area contributed by atoms with Crippen LogP contribution in [0.15, 0.2) is 30.3 Å². The van der Waals surface area contributed by atoms with E-state index in [4.69, 9.17) is 0 Å². The van der Waals surface area contributed by atoms with Crippen molar-refractivity contribution < 1.29 is 4.79 Å². The lowest BCUT2D eigenvalue weighted by Crippen LogP contribution is -2.41. The number of rotatable bonds is 8. The minimum Gasteiger partial charge on any atom is -0.353 e. The molecule has 1 saturated carbocycles. The van der Waals surface area contributed by atoms with Crippen molar-refractivity contribution in [3.8, 4) is 0 Å². The molecule has 0 radical (unpaired) electrons. The van der Waals surface area contributed by atoms with Gasteiger partial charge in [-0.2, -0.15) is 0 Å². The van der Waals surface area contributed by atoms with Gasteiger partial charge in [0.05, 0.1) is 6.54 Å². The van der Waals surface area contributed by atoms with Crippen LogP contribution in [0, 0.1) is 5.92 Å². The summed E-state index contributed by atoms with van der Waals surface area (Å²) in [5.74, 6) is 0.916. The molecule has 0 aromatic heterocycles. The number of nitrogens with one attached hydrogen (secondary N) is 2. The van der Waals surface area contributed by atoms with Gasteiger partial charge in [0, 0.05) is 6.04 Å². The molecule has 3 nitrogen and oxygen atoms in total. The number of amides is 1. The zero-order valence-electron chi connectivity index (χ0n) is 13.5. The first-order valence-electron chi connectivity index (χ1n) is 8.03. The third-order valence-electron chi connectivity index (χ3n) is 4.19. The fourth-order valence-corrected chi connectivity index (χ4v) is 2.86. The van der Waals surface area contributed by atoms with E-state index in [1.165, 1.54) is 18.4 Å². The summed E-state index contributed by atoms with van der Waals surface area (Å²) in [6, 6.07) is 10.7. The first-order valence-corrected chi connectivity index (χ1v) is 8.03. The highest BCUT2D eigenvalue weighted by Crippen LogP contribution is 2.28. The number of hydrogen-bond donors (Lipinski definition) is 2. The third-order valence-corrected chi connectivity index (χ3v) is 4.19. The monoisotopic (exact) mass is 288 g/mol. The fourth-order valence-electron chi connectivity index (χ4n) is 2.86. The van der Waals surface area contributed by atoms with Crippen molar-refractivity contribution in [2.24, 2.45) is 5.92 Å². The second-order valence-corrected chi connectivity index (χ2v) is 7.00. The van der Waals surface area contributed by atoms with Crippen LogP contribution in [0.5, 0.6) is 0 Å². The van der Waals surface area contributed by atoms with Gasteiger partial charge >= 0.3 is 0 Å². The SMILES string of the molecule is CC(CC(C)(C)c1ccccc1)NC(=O)CNCC1CC1. The second kappa shape index (κ2) is 7.08. The van der Waals surface area contributed by atoms with Gasteiger partial charge in [-0.15, -0.1) is 0 Å². The van der Waals surface area contributed by atoms with Gasteiger partial charge in [0.25, 0.3) is 0 Å². The summed E-state index contributed by atoms with van der Waals surface area (Å²) in [4.78, 5) is 11.9. The molecule has 116 valence electrons. The van der Waals surface area contributed by atoms with Crippen molar-refractivity contribution in [2.45, 2.75) is 51.5 Å². The largest absolute Gasteiger partial charge is 0.353 e. The summed E-state index contributed by atoms with van der Waals surface area (Å²) in [5.41, 5.74) is 1.38. The molecule has 2 rings (SSSR count). The topological polar surface area (TPSA) is 41.1 Å². The van der Waals surface area contributed by atoms with Crippen molar-refractivity contribution in [3.63, 3.8) is 0 Å². The van der Waals surface area contributed by atoms with Gasteiger partial charge in [0.1, 0.15) is 0 Å². The van der Waals surface area contributed by atoms with Crippen molar-refractivity contribution in [1.29, 1.82) is 0 Å². The highest BCUT2D eigenvalue weighted by atomic mass is 16.1. The molecule has 1 fully saturated rings. The average molecular weight is 288 g/mol. The summed E-state index contributed by atoms with van der Waals surface area (Å²) < 4.78 is 0.